The van der Waals surface area contributed by atoms with Gasteiger partial charge >= 0.3 is 5.63 Å². The Bertz CT molecular complexity index is 1070. The summed E-state index contributed by atoms with van der Waals surface area (Å²) in [5.74, 6) is 0.875. The minimum atomic E-state index is -0.292. The second kappa shape index (κ2) is 9.02. The Morgan fingerprint density at radius 3 is 2.53 bits per heavy atom. The van der Waals surface area contributed by atoms with Crippen molar-refractivity contribution in [3.05, 3.63) is 75.1 Å². The third-order valence-electron chi connectivity index (χ3n) is 6.25. The molecule has 1 aliphatic rings. The molecule has 0 bridgehead atoms. The number of rotatable bonds is 7. The monoisotopic (exact) mass is 406 g/mol. The minimum absolute atomic E-state index is 0.292. The molecule has 158 valence electrons. The number of ether oxygens (including phenoxy) is 1. The Morgan fingerprint density at radius 1 is 1.10 bits per heavy atom. The molecule has 1 atom stereocenters. The van der Waals surface area contributed by atoms with Crippen LogP contribution in [0.5, 0.6) is 5.75 Å². The summed E-state index contributed by atoms with van der Waals surface area (Å²) in [5.41, 5.74) is 4.84. The van der Waals surface area contributed by atoms with Crippen LogP contribution in [-0.4, -0.2) is 31.6 Å². The summed E-state index contributed by atoms with van der Waals surface area (Å²) >= 11 is 0. The molecule has 2 aromatic carbocycles. The van der Waals surface area contributed by atoms with Crippen molar-refractivity contribution in [2.75, 3.05) is 26.7 Å². The number of aryl methyl sites for hydroxylation is 2. The van der Waals surface area contributed by atoms with Gasteiger partial charge in [-0.1, -0.05) is 24.3 Å². The molecule has 0 aliphatic carbocycles. The summed E-state index contributed by atoms with van der Waals surface area (Å²) in [4.78, 5) is 14.7. The van der Waals surface area contributed by atoms with Gasteiger partial charge in [-0.15, -0.1) is 0 Å². The summed E-state index contributed by atoms with van der Waals surface area (Å²) in [6, 6.07) is 14.4. The van der Waals surface area contributed by atoms with E-state index in [0.29, 0.717) is 18.2 Å². The SMILES string of the molecule is COc1ccc([C@@H](CNCc2cc(=O)oc3c(C)c(C)ccc23)N2CCCC2)cc1. The van der Waals surface area contributed by atoms with Gasteiger partial charge < -0.3 is 14.5 Å². The molecule has 0 unspecified atom stereocenters. The van der Waals surface area contributed by atoms with Crippen molar-refractivity contribution in [1.29, 1.82) is 0 Å². The number of hydrogen-bond acceptors (Lipinski definition) is 5. The second-order valence-corrected chi connectivity index (χ2v) is 8.14. The van der Waals surface area contributed by atoms with Gasteiger partial charge in [-0.3, -0.25) is 4.90 Å². The highest BCUT2D eigenvalue weighted by atomic mass is 16.5. The van der Waals surface area contributed by atoms with Crippen molar-refractivity contribution in [1.82, 2.24) is 10.2 Å². The van der Waals surface area contributed by atoms with Crippen LogP contribution in [0.25, 0.3) is 11.0 Å². The average molecular weight is 407 g/mol. The van der Waals surface area contributed by atoms with Crippen LogP contribution in [0.3, 0.4) is 0 Å². The molecule has 5 nitrogen and oxygen atoms in total. The lowest BCUT2D eigenvalue weighted by Crippen LogP contribution is -2.34. The predicted molar refractivity (Wildman–Crippen MR) is 120 cm³/mol. The minimum Gasteiger partial charge on any atom is -0.497 e. The van der Waals surface area contributed by atoms with E-state index in [1.807, 2.05) is 26.0 Å². The molecule has 5 heteroatoms. The van der Waals surface area contributed by atoms with Crippen LogP contribution in [0.1, 0.15) is 41.1 Å². The van der Waals surface area contributed by atoms with Crippen LogP contribution in [0.15, 0.2) is 51.7 Å². The van der Waals surface area contributed by atoms with Crippen molar-refractivity contribution in [2.24, 2.45) is 0 Å². The quantitative estimate of drug-likeness (QED) is 0.592. The van der Waals surface area contributed by atoms with Crippen LogP contribution >= 0.6 is 0 Å². The molecule has 0 amide bonds. The maximum Gasteiger partial charge on any atom is 0.336 e. The first kappa shape index (κ1) is 20.6. The molecule has 4 rings (SSSR count). The van der Waals surface area contributed by atoms with E-state index in [2.05, 4.69) is 34.5 Å². The van der Waals surface area contributed by atoms with Gasteiger partial charge in [0.1, 0.15) is 11.3 Å². The summed E-state index contributed by atoms with van der Waals surface area (Å²) in [7, 11) is 1.69. The molecule has 1 saturated heterocycles. The summed E-state index contributed by atoms with van der Waals surface area (Å²) in [6.45, 7) is 7.73. The lowest BCUT2D eigenvalue weighted by atomic mass is 10.0. The van der Waals surface area contributed by atoms with E-state index in [4.69, 9.17) is 9.15 Å². The van der Waals surface area contributed by atoms with E-state index >= 15 is 0 Å². The van der Waals surface area contributed by atoms with Crippen LogP contribution in [-0.2, 0) is 6.54 Å². The van der Waals surface area contributed by atoms with Crippen LogP contribution in [0.4, 0.5) is 0 Å². The Labute approximate surface area is 177 Å². The summed E-state index contributed by atoms with van der Waals surface area (Å²) in [5, 5.41) is 4.61. The number of nitrogens with zero attached hydrogens (tertiary/aromatic N) is 1. The Kier molecular flexibility index (Phi) is 6.21. The van der Waals surface area contributed by atoms with Crippen LogP contribution in [0, 0.1) is 13.8 Å². The topological polar surface area (TPSA) is 54.7 Å². The fourth-order valence-corrected chi connectivity index (χ4v) is 4.35. The van der Waals surface area contributed by atoms with E-state index in [1.54, 1.807) is 13.2 Å². The number of fused-ring (bicyclic) bond motifs is 1. The van der Waals surface area contributed by atoms with Crippen molar-refractivity contribution in [3.63, 3.8) is 0 Å². The van der Waals surface area contributed by atoms with E-state index in [9.17, 15) is 4.79 Å². The predicted octanol–water partition coefficient (Wildman–Crippen LogP) is 4.35. The molecular formula is C25H30N2O3. The van der Waals surface area contributed by atoms with Gasteiger partial charge in [-0.25, -0.2) is 4.79 Å². The molecule has 3 aromatic rings. The van der Waals surface area contributed by atoms with Gasteiger partial charge in [0.2, 0.25) is 0 Å². The highest BCUT2D eigenvalue weighted by Crippen LogP contribution is 2.27. The highest BCUT2D eigenvalue weighted by molar-refractivity contribution is 5.83. The number of likely N-dealkylation sites (tertiary alicyclic amines) is 1. The first-order valence-electron chi connectivity index (χ1n) is 10.7. The van der Waals surface area contributed by atoms with Crippen LogP contribution in [0.2, 0.25) is 0 Å². The maximum absolute atomic E-state index is 12.1. The standard InChI is InChI=1S/C25H30N2O3/c1-17-6-11-22-20(14-24(28)30-25(22)18(17)2)15-26-16-23(27-12-4-5-13-27)19-7-9-21(29-3)10-8-19/h6-11,14,23,26H,4-5,12-13,15-16H2,1-3H3/t23-/m1/s1. The molecule has 1 fully saturated rings. The molecule has 0 saturated carbocycles. The average Bonchev–Trinajstić information content (AvgIpc) is 3.29. The summed E-state index contributed by atoms with van der Waals surface area (Å²) < 4.78 is 10.8. The smallest absolute Gasteiger partial charge is 0.336 e. The number of methoxy groups -OCH3 is 1. The lowest BCUT2D eigenvalue weighted by molar-refractivity contribution is 0.238. The van der Waals surface area contributed by atoms with Gasteiger partial charge in [0, 0.05) is 30.6 Å². The first-order chi connectivity index (χ1) is 14.6. The van der Waals surface area contributed by atoms with Crippen molar-refractivity contribution in [3.8, 4) is 5.75 Å². The van der Waals surface area contributed by atoms with E-state index < -0.39 is 0 Å². The molecule has 30 heavy (non-hydrogen) atoms. The number of benzene rings is 2. The lowest BCUT2D eigenvalue weighted by Gasteiger charge is -2.28. The van der Waals surface area contributed by atoms with Gasteiger partial charge in [0.25, 0.3) is 0 Å². The largest absolute Gasteiger partial charge is 0.497 e. The fraction of sp³-hybridized carbons (Fsp3) is 0.400. The van der Waals surface area contributed by atoms with Gasteiger partial charge in [-0.2, -0.15) is 0 Å². The number of nitrogens with one attached hydrogen (secondary N) is 1. The van der Waals surface area contributed by atoms with Crippen molar-refractivity contribution in [2.45, 2.75) is 39.3 Å². The zero-order valence-electron chi connectivity index (χ0n) is 18.0. The Morgan fingerprint density at radius 2 is 1.83 bits per heavy atom. The third-order valence-corrected chi connectivity index (χ3v) is 6.25. The first-order valence-corrected chi connectivity index (χ1v) is 10.7. The highest BCUT2D eigenvalue weighted by Gasteiger charge is 2.23. The van der Waals surface area contributed by atoms with E-state index in [-0.39, 0.29) is 5.63 Å². The molecule has 0 radical (unpaired) electrons. The fourth-order valence-electron chi connectivity index (χ4n) is 4.35. The molecular weight excluding hydrogens is 376 g/mol. The normalized spacial score (nSPS) is 15.6. The molecule has 1 N–H and O–H groups in total. The molecule has 0 spiro atoms. The second-order valence-electron chi connectivity index (χ2n) is 8.14. The van der Waals surface area contributed by atoms with E-state index in [1.165, 1.54) is 18.4 Å². The molecule has 1 aromatic heterocycles. The Balaban J connectivity index is 1.54. The zero-order valence-corrected chi connectivity index (χ0v) is 18.0. The van der Waals surface area contributed by atoms with Crippen molar-refractivity contribution >= 4 is 11.0 Å². The van der Waals surface area contributed by atoms with Crippen LogP contribution < -0.4 is 15.7 Å². The van der Waals surface area contributed by atoms with Gasteiger partial charge in [0.05, 0.1) is 7.11 Å². The van der Waals surface area contributed by atoms with E-state index in [0.717, 1.165) is 47.5 Å². The van der Waals surface area contributed by atoms with Gasteiger partial charge in [0.15, 0.2) is 0 Å². The van der Waals surface area contributed by atoms with Gasteiger partial charge in [-0.05, 0) is 74.2 Å². The zero-order chi connectivity index (χ0) is 21.1. The molecule has 2 heterocycles. The van der Waals surface area contributed by atoms with Crippen molar-refractivity contribution < 1.29 is 9.15 Å². The Hall–Kier alpha value is -2.63. The summed E-state index contributed by atoms with van der Waals surface area (Å²) in [6.07, 6.45) is 2.49. The molecule has 1 aliphatic heterocycles. The third kappa shape index (κ3) is 4.27. The number of hydrogen-bond donors (Lipinski definition) is 1. The maximum atomic E-state index is 12.1.